The molecule has 3 rings (SSSR count). The number of thiophene rings is 1. The number of aromatic nitrogens is 2. The van der Waals surface area contributed by atoms with Gasteiger partial charge in [-0.05, 0) is 52.0 Å². The van der Waals surface area contributed by atoms with Gasteiger partial charge in [0.05, 0.1) is 5.25 Å². The molecule has 0 radical (unpaired) electrons. The molecule has 136 valence electrons. The van der Waals surface area contributed by atoms with Crippen LogP contribution in [0.1, 0.15) is 57.2 Å². The topological polar surface area (TPSA) is 46.1 Å². The van der Waals surface area contributed by atoms with Gasteiger partial charge in [-0.2, -0.15) is 0 Å². The summed E-state index contributed by atoms with van der Waals surface area (Å²) < 4.78 is 0. The van der Waals surface area contributed by atoms with Crippen LogP contribution in [0.5, 0.6) is 0 Å². The molecule has 0 N–H and O–H groups in total. The van der Waals surface area contributed by atoms with Crippen molar-refractivity contribution in [1.29, 1.82) is 0 Å². The van der Waals surface area contributed by atoms with Crippen molar-refractivity contribution < 1.29 is 4.79 Å². The highest BCUT2D eigenvalue weighted by atomic mass is 32.2. The second kappa shape index (κ2) is 8.04. The van der Waals surface area contributed by atoms with E-state index in [1.807, 2.05) is 13.8 Å². The molecule has 2 unspecified atom stereocenters. The quantitative estimate of drug-likeness (QED) is 0.553. The lowest BCUT2D eigenvalue weighted by molar-refractivity contribution is -0.134. The Labute approximate surface area is 158 Å². The summed E-state index contributed by atoms with van der Waals surface area (Å²) in [6, 6.07) is 2.60. The summed E-state index contributed by atoms with van der Waals surface area (Å²) in [5.41, 5.74) is 0. The highest BCUT2D eigenvalue weighted by Gasteiger charge is 2.29. The minimum Gasteiger partial charge on any atom is -0.339 e. The fraction of sp³-hybridized carbons (Fsp3) is 0.632. The average Bonchev–Trinajstić information content (AvgIpc) is 3.04. The van der Waals surface area contributed by atoms with E-state index in [0.717, 1.165) is 53.3 Å². The Balaban J connectivity index is 1.82. The minimum absolute atomic E-state index is 0.116. The van der Waals surface area contributed by atoms with Gasteiger partial charge in [0.15, 0.2) is 0 Å². The lowest BCUT2D eigenvalue weighted by Crippen LogP contribution is -2.46. The van der Waals surface area contributed by atoms with Crippen LogP contribution in [0.25, 0.3) is 10.2 Å². The summed E-state index contributed by atoms with van der Waals surface area (Å²) in [5.74, 6) is 1.04. The Morgan fingerprint density at radius 1 is 1.40 bits per heavy atom. The van der Waals surface area contributed by atoms with Gasteiger partial charge in [-0.15, -0.1) is 11.3 Å². The predicted octanol–water partition coefficient (Wildman–Crippen LogP) is 4.83. The van der Waals surface area contributed by atoms with Gasteiger partial charge in [0.25, 0.3) is 0 Å². The first-order valence-corrected chi connectivity index (χ1v) is 11.0. The number of rotatable bonds is 5. The molecular formula is C19H27N3OS2. The van der Waals surface area contributed by atoms with Crippen LogP contribution in [0, 0.1) is 6.92 Å². The molecule has 2 atom stereocenters. The highest BCUT2D eigenvalue weighted by molar-refractivity contribution is 8.00. The van der Waals surface area contributed by atoms with Crippen LogP contribution in [0.3, 0.4) is 0 Å². The summed E-state index contributed by atoms with van der Waals surface area (Å²) in [6.45, 7) is 9.19. The maximum Gasteiger partial charge on any atom is 0.236 e. The van der Waals surface area contributed by atoms with Gasteiger partial charge in [0.1, 0.15) is 15.7 Å². The Morgan fingerprint density at radius 3 is 2.92 bits per heavy atom. The zero-order valence-electron chi connectivity index (χ0n) is 15.5. The van der Waals surface area contributed by atoms with Gasteiger partial charge in [-0.3, -0.25) is 4.79 Å². The van der Waals surface area contributed by atoms with E-state index in [0.29, 0.717) is 6.04 Å². The van der Waals surface area contributed by atoms with Crippen molar-refractivity contribution in [1.82, 2.24) is 14.9 Å². The monoisotopic (exact) mass is 377 g/mol. The van der Waals surface area contributed by atoms with Gasteiger partial charge in [0, 0.05) is 22.8 Å². The number of thioether (sulfide) groups is 1. The Morgan fingerprint density at radius 2 is 2.20 bits per heavy atom. The van der Waals surface area contributed by atoms with Crippen LogP contribution in [0.2, 0.25) is 0 Å². The molecule has 3 heterocycles. The molecule has 4 nitrogen and oxygen atoms in total. The molecule has 0 aromatic carbocycles. The Hall–Kier alpha value is -1.14. The van der Waals surface area contributed by atoms with Crippen LogP contribution in [0.4, 0.5) is 0 Å². The first-order chi connectivity index (χ1) is 12.0. The van der Waals surface area contributed by atoms with E-state index < -0.39 is 0 Å². The number of aryl methyl sites for hydroxylation is 2. The van der Waals surface area contributed by atoms with E-state index >= 15 is 0 Å². The zero-order chi connectivity index (χ0) is 18.0. The number of hydrogen-bond donors (Lipinski definition) is 0. The van der Waals surface area contributed by atoms with Crippen LogP contribution in [0.15, 0.2) is 11.1 Å². The number of hydrogen-bond acceptors (Lipinski definition) is 5. The van der Waals surface area contributed by atoms with Crippen molar-refractivity contribution in [2.24, 2.45) is 0 Å². The molecule has 1 aliphatic heterocycles. The van der Waals surface area contributed by atoms with Crippen molar-refractivity contribution in [2.75, 3.05) is 6.54 Å². The zero-order valence-corrected chi connectivity index (χ0v) is 17.2. The second-order valence-corrected chi connectivity index (χ2v) is 9.16. The van der Waals surface area contributed by atoms with Crippen molar-refractivity contribution in [3.8, 4) is 0 Å². The van der Waals surface area contributed by atoms with Gasteiger partial charge in [0.2, 0.25) is 5.91 Å². The van der Waals surface area contributed by atoms with Crippen molar-refractivity contribution in [3.63, 3.8) is 0 Å². The molecule has 0 saturated carbocycles. The van der Waals surface area contributed by atoms with E-state index in [1.54, 1.807) is 23.1 Å². The molecule has 0 spiro atoms. The summed E-state index contributed by atoms with van der Waals surface area (Å²) in [6.07, 6.45) is 5.56. The molecule has 1 saturated heterocycles. The van der Waals surface area contributed by atoms with Gasteiger partial charge >= 0.3 is 0 Å². The van der Waals surface area contributed by atoms with E-state index in [4.69, 9.17) is 0 Å². The van der Waals surface area contributed by atoms with E-state index in [-0.39, 0.29) is 11.2 Å². The smallest absolute Gasteiger partial charge is 0.236 e. The standard InChI is InChI=1S/C19H27N3OS2/c1-5-14-9-7-8-10-22(14)19(23)12(3)24-17-16-11-15(6-2)25-18(16)21-13(4)20-17/h11-12,14H,5-10H2,1-4H3. The largest absolute Gasteiger partial charge is 0.339 e. The number of amides is 1. The summed E-state index contributed by atoms with van der Waals surface area (Å²) in [4.78, 5) is 26.7. The van der Waals surface area contributed by atoms with E-state index in [2.05, 4.69) is 34.8 Å². The molecule has 0 bridgehead atoms. The lowest BCUT2D eigenvalue weighted by Gasteiger charge is -2.36. The number of nitrogens with zero attached hydrogens (tertiary/aromatic N) is 3. The first kappa shape index (κ1) is 18.6. The van der Waals surface area contributed by atoms with Crippen LogP contribution in [-0.4, -0.2) is 38.6 Å². The van der Waals surface area contributed by atoms with E-state index in [9.17, 15) is 4.79 Å². The lowest BCUT2D eigenvalue weighted by atomic mass is 10.00. The summed E-state index contributed by atoms with van der Waals surface area (Å²) in [5, 5.41) is 1.93. The predicted molar refractivity (Wildman–Crippen MR) is 106 cm³/mol. The summed E-state index contributed by atoms with van der Waals surface area (Å²) in [7, 11) is 0. The van der Waals surface area contributed by atoms with Gasteiger partial charge in [-0.25, -0.2) is 9.97 Å². The van der Waals surface area contributed by atoms with Gasteiger partial charge < -0.3 is 4.90 Å². The number of carbonyl (C=O) groups is 1. The number of fused-ring (bicyclic) bond motifs is 1. The molecule has 2 aromatic heterocycles. The number of carbonyl (C=O) groups excluding carboxylic acids is 1. The Kier molecular flexibility index (Phi) is 6.00. The second-order valence-electron chi connectivity index (χ2n) is 6.71. The van der Waals surface area contributed by atoms with Crippen LogP contribution < -0.4 is 0 Å². The molecule has 1 aliphatic rings. The summed E-state index contributed by atoms with van der Waals surface area (Å²) >= 11 is 3.32. The molecule has 2 aromatic rings. The third-order valence-electron chi connectivity index (χ3n) is 4.89. The minimum atomic E-state index is -0.116. The number of piperidine rings is 1. The van der Waals surface area contributed by atoms with Crippen molar-refractivity contribution >= 4 is 39.2 Å². The first-order valence-electron chi connectivity index (χ1n) is 9.27. The maximum absolute atomic E-state index is 13.0. The van der Waals surface area contributed by atoms with Crippen LogP contribution >= 0.6 is 23.1 Å². The van der Waals surface area contributed by atoms with Crippen LogP contribution in [-0.2, 0) is 11.2 Å². The fourth-order valence-corrected chi connectivity index (χ4v) is 5.59. The normalized spacial score (nSPS) is 19.4. The SMILES string of the molecule is CCc1cc2c(SC(C)C(=O)N3CCCCC3CC)nc(C)nc2s1. The molecule has 1 amide bonds. The van der Waals surface area contributed by atoms with Gasteiger partial charge in [-0.1, -0.05) is 25.6 Å². The van der Waals surface area contributed by atoms with Crippen molar-refractivity contribution in [2.45, 2.75) is 76.1 Å². The van der Waals surface area contributed by atoms with Crippen molar-refractivity contribution in [3.05, 3.63) is 16.8 Å². The molecule has 25 heavy (non-hydrogen) atoms. The highest BCUT2D eigenvalue weighted by Crippen LogP contribution is 2.34. The fourth-order valence-electron chi connectivity index (χ4n) is 3.48. The maximum atomic E-state index is 13.0. The molecule has 1 fully saturated rings. The molecule has 6 heteroatoms. The average molecular weight is 378 g/mol. The third kappa shape index (κ3) is 4.00. The molecule has 0 aliphatic carbocycles. The Bertz CT molecular complexity index is 758. The van der Waals surface area contributed by atoms with E-state index in [1.165, 1.54) is 11.3 Å². The number of likely N-dealkylation sites (tertiary alicyclic amines) is 1. The third-order valence-corrected chi connectivity index (χ3v) is 7.15. The molecular weight excluding hydrogens is 350 g/mol.